The van der Waals surface area contributed by atoms with E-state index < -0.39 is 0 Å². The minimum Gasteiger partial charge on any atom is -0.339 e. The number of hydrogen-bond acceptors (Lipinski definition) is 4. The van der Waals surface area contributed by atoms with Gasteiger partial charge in [-0.05, 0) is 55.4 Å². The number of para-hydroxylation sites is 1. The van der Waals surface area contributed by atoms with Gasteiger partial charge in [-0.2, -0.15) is 0 Å². The fraction of sp³-hybridized carbons (Fsp3) is 0.455. The van der Waals surface area contributed by atoms with Gasteiger partial charge < -0.3 is 15.1 Å². The Morgan fingerprint density at radius 1 is 1.11 bits per heavy atom. The van der Waals surface area contributed by atoms with Gasteiger partial charge in [0.1, 0.15) is 0 Å². The third-order valence-corrected chi connectivity index (χ3v) is 6.33. The lowest BCUT2D eigenvalue weighted by Gasteiger charge is -2.34. The number of carbonyl (C=O) groups excluding carboxylic acids is 2. The van der Waals surface area contributed by atoms with E-state index in [9.17, 15) is 9.59 Å². The highest BCUT2D eigenvalue weighted by Crippen LogP contribution is 2.24. The molecule has 0 unspecified atom stereocenters. The van der Waals surface area contributed by atoms with E-state index in [0.29, 0.717) is 22.0 Å². The number of nitrogens with one attached hydrogen (secondary N) is 1. The van der Waals surface area contributed by atoms with Crippen LogP contribution in [-0.2, 0) is 0 Å². The highest BCUT2D eigenvalue weighted by Gasteiger charge is 2.26. The number of rotatable bonds is 7. The van der Waals surface area contributed by atoms with Gasteiger partial charge >= 0.3 is 0 Å². The minimum atomic E-state index is -0.173. The number of thiophene rings is 1. The maximum absolute atomic E-state index is 13.1. The summed E-state index contributed by atoms with van der Waals surface area (Å²) >= 11 is 1.39. The highest BCUT2D eigenvalue weighted by atomic mass is 32.1. The van der Waals surface area contributed by atoms with Gasteiger partial charge in [-0.3, -0.25) is 9.59 Å². The van der Waals surface area contributed by atoms with Crippen LogP contribution in [0.3, 0.4) is 0 Å². The molecule has 28 heavy (non-hydrogen) atoms. The first kappa shape index (κ1) is 20.6. The first-order chi connectivity index (χ1) is 13.6. The second-order valence-electron chi connectivity index (χ2n) is 7.20. The molecule has 0 saturated carbocycles. The molecular weight excluding hydrogens is 370 g/mol. The fourth-order valence-electron chi connectivity index (χ4n) is 3.71. The Morgan fingerprint density at radius 3 is 2.46 bits per heavy atom. The van der Waals surface area contributed by atoms with Gasteiger partial charge in [0.2, 0.25) is 0 Å². The fourth-order valence-corrected chi connectivity index (χ4v) is 4.33. The Morgan fingerprint density at radius 2 is 1.82 bits per heavy atom. The molecule has 3 rings (SSSR count). The predicted molar refractivity (Wildman–Crippen MR) is 115 cm³/mol. The van der Waals surface area contributed by atoms with Crippen molar-refractivity contribution in [1.29, 1.82) is 0 Å². The van der Waals surface area contributed by atoms with E-state index in [4.69, 9.17) is 0 Å². The molecule has 0 aliphatic carbocycles. The number of hydrogen-bond donors (Lipinski definition) is 1. The van der Waals surface area contributed by atoms with E-state index in [1.54, 1.807) is 18.2 Å². The quantitative estimate of drug-likeness (QED) is 0.759. The third kappa shape index (κ3) is 5.00. The summed E-state index contributed by atoms with van der Waals surface area (Å²) in [7, 11) is 0. The van der Waals surface area contributed by atoms with Crippen molar-refractivity contribution in [2.45, 2.75) is 26.7 Å². The van der Waals surface area contributed by atoms with Gasteiger partial charge in [-0.15, -0.1) is 11.3 Å². The summed E-state index contributed by atoms with van der Waals surface area (Å²) in [5.41, 5.74) is 1.14. The van der Waals surface area contributed by atoms with Crippen molar-refractivity contribution in [3.8, 4) is 0 Å². The second-order valence-corrected chi connectivity index (χ2v) is 8.15. The summed E-state index contributed by atoms with van der Waals surface area (Å²) in [6, 6.07) is 10.9. The first-order valence-electron chi connectivity index (χ1n) is 10.1. The van der Waals surface area contributed by atoms with Gasteiger partial charge in [-0.25, -0.2) is 0 Å². The zero-order valence-electron chi connectivity index (χ0n) is 16.7. The van der Waals surface area contributed by atoms with Crippen LogP contribution < -0.4 is 5.32 Å². The standard InChI is InChI=1S/C22H29N3O2S/c1-3-24(4-2)16-17-11-13-25(14-12-17)22(27)18-8-5-6-9-19(18)23-21(26)20-10-7-15-28-20/h5-10,15,17H,3-4,11-14,16H2,1-2H3,(H,23,26). The Bertz CT molecular complexity index is 779. The maximum atomic E-state index is 13.1. The Hall–Kier alpha value is -2.18. The summed E-state index contributed by atoms with van der Waals surface area (Å²) in [4.78, 5) is 30.5. The molecule has 150 valence electrons. The van der Waals surface area contributed by atoms with Crippen LogP contribution in [-0.4, -0.2) is 54.3 Å². The summed E-state index contributed by atoms with van der Waals surface area (Å²) in [5.74, 6) is 0.481. The van der Waals surface area contributed by atoms with Crippen molar-refractivity contribution in [3.05, 3.63) is 52.2 Å². The number of nitrogens with zero attached hydrogens (tertiary/aromatic N) is 2. The molecule has 1 aromatic heterocycles. The van der Waals surface area contributed by atoms with Crippen molar-refractivity contribution in [2.75, 3.05) is 38.0 Å². The SMILES string of the molecule is CCN(CC)CC1CCN(C(=O)c2ccccc2NC(=O)c2cccs2)CC1. The van der Waals surface area contributed by atoms with Crippen LogP contribution >= 0.6 is 11.3 Å². The lowest BCUT2D eigenvalue weighted by molar-refractivity contribution is 0.0670. The van der Waals surface area contributed by atoms with Gasteiger partial charge in [0, 0.05) is 19.6 Å². The molecule has 0 bridgehead atoms. The molecule has 1 fully saturated rings. The highest BCUT2D eigenvalue weighted by molar-refractivity contribution is 7.12. The monoisotopic (exact) mass is 399 g/mol. The lowest BCUT2D eigenvalue weighted by atomic mass is 9.95. The Kier molecular flexibility index (Phi) is 7.23. The van der Waals surface area contributed by atoms with Crippen LogP contribution in [0.25, 0.3) is 0 Å². The first-order valence-corrected chi connectivity index (χ1v) is 11.0. The average Bonchev–Trinajstić information content (AvgIpc) is 3.27. The smallest absolute Gasteiger partial charge is 0.265 e. The van der Waals surface area contributed by atoms with E-state index >= 15 is 0 Å². The van der Waals surface area contributed by atoms with E-state index in [2.05, 4.69) is 24.1 Å². The summed E-state index contributed by atoms with van der Waals surface area (Å²) in [6.07, 6.45) is 2.07. The molecule has 0 spiro atoms. The molecule has 0 atom stereocenters. The Labute approximate surface area is 171 Å². The van der Waals surface area contributed by atoms with Gasteiger partial charge in [0.05, 0.1) is 16.1 Å². The summed E-state index contributed by atoms with van der Waals surface area (Å²) in [6.45, 7) is 9.21. The second kappa shape index (κ2) is 9.85. The van der Waals surface area contributed by atoms with E-state index in [-0.39, 0.29) is 11.8 Å². The molecule has 2 amide bonds. The molecule has 2 heterocycles. The number of benzene rings is 1. The van der Waals surface area contributed by atoms with E-state index in [1.165, 1.54) is 11.3 Å². The number of carbonyl (C=O) groups is 2. The number of likely N-dealkylation sites (tertiary alicyclic amines) is 1. The molecule has 5 nitrogen and oxygen atoms in total. The largest absolute Gasteiger partial charge is 0.339 e. The molecule has 1 aliphatic rings. The molecule has 1 saturated heterocycles. The molecule has 2 aromatic rings. The molecule has 1 N–H and O–H groups in total. The van der Waals surface area contributed by atoms with Gasteiger partial charge in [0.25, 0.3) is 11.8 Å². The molecule has 1 aromatic carbocycles. The number of amides is 2. The topological polar surface area (TPSA) is 52.6 Å². The molecular formula is C22H29N3O2S. The lowest BCUT2D eigenvalue weighted by Crippen LogP contribution is -2.41. The van der Waals surface area contributed by atoms with Gasteiger partial charge in [-0.1, -0.05) is 32.0 Å². The van der Waals surface area contributed by atoms with Crippen LogP contribution in [0.5, 0.6) is 0 Å². The average molecular weight is 400 g/mol. The number of anilines is 1. The molecule has 1 aliphatic heterocycles. The van der Waals surface area contributed by atoms with Crippen molar-refractivity contribution in [1.82, 2.24) is 9.80 Å². The van der Waals surface area contributed by atoms with Crippen LogP contribution in [0, 0.1) is 5.92 Å². The Balaban J connectivity index is 1.63. The molecule has 6 heteroatoms. The number of piperidine rings is 1. The zero-order valence-corrected chi connectivity index (χ0v) is 17.5. The van der Waals surface area contributed by atoms with Gasteiger partial charge in [0.15, 0.2) is 0 Å². The predicted octanol–water partition coefficient (Wildman–Crippen LogP) is 4.19. The molecule has 0 radical (unpaired) electrons. The normalized spacial score (nSPS) is 15.0. The minimum absolute atomic E-state index is 0.00312. The van der Waals surface area contributed by atoms with Crippen molar-refractivity contribution >= 4 is 28.8 Å². The van der Waals surface area contributed by atoms with Crippen molar-refractivity contribution in [2.24, 2.45) is 5.92 Å². The van der Waals surface area contributed by atoms with Crippen LogP contribution in [0.4, 0.5) is 5.69 Å². The van der Waals surface area contributed by atoms with Crippen LogP contribution in [0.15, 0.2) is 41.8 Å². The van der Waals surface area contributed by atoms with E-state index in [0.717, 1.165) is 45.6 Å². The van der Waals surface area contributed by atoms with Crippen molar-refractivity contribution in [3.63, 3.8) is 0 Å². The summed E-state index contributed by atoms with van der Waals surface area (Å²) in [5, 5.41) is 4.77. The third-order valence-electron chi connectivity index (χ3n) is 5.46. The maximum Gasteiger partial charge on any atom is 0.265 e. The summed E-state index contributed by atoms with van der Waals surface area (Å²) < 4.78 is 0. The van der Waals surface area contributed by atoms with E-state index in [1.807, 2.05) is 28.5 Å². The van der Waals surface area contributed by atoms with Crippen molar-refractivity contribution < 1.29 is 9.59 Å². The van der Waals surface area contributed by atoms with Crippen LogP contribution in [0.2, 0.25) is 0 Å². The van der Waals surface area contributed by atoms with Crippen LogP contribution in [0.1, 0.15) is 46.7 Å². The zero-order chi connectivity index (χ0) is 19.9.